The molecule has 0 saturated heterocycles. The van der Waals surface area contributed by atoms with Crippen molar-refractivity contribution in [2.45, 2.75) is 25.7 Å². The SMILES string of the molecule is Clc1cc(NCC2CCCC2)n2ncnc2n1. The van der Waals surface area contributed by atoms with Gasteiger partial charge in [-0.25, -0.2) is 0 Å². The van der Waals surface area contributed by atoms with Crippen LogP contribution in [0.1, 0.15) is 25.7 Å². The molecule has 1 saturated carbocycles. The van der Waals surface area contributed by atoms with Crippen LogP contribution in [0.4, 0.5) is 5.82 Å². The van der Waals surface area contributed by atoms with E-state index < -0.39 is 0 Å². The molecule has 0 aliphatic heterocycles. The number of nitrogens with one attached hydrogen (secondary N) is 1. The molecule has 2 heterocycles. The minimum Gasteiger partial charge on any atom is -0.370 e. The summed E-state index contributed by atoms with van der Waals surface area (Å²) in [5.74, 6) is 2.16. The Balaban J connectivity index is 1.81. The molecule has 0 spiro atoms. The van der Waals surface area contributed by atoms with E-state index in [1.54, 1.807) is 10.6 Å². The third-order valence-electron chi connectivity index (χ3n) is 3.27. The molecule has 0 bridgehead atoms. The first-order valence-electron chi connectivity index (χ1n) is 5.93. The second kappa shape index (κ2) is 4.49. The van der Waals surface area contributed by atoms with E-state index in [4.69, 9.17) is 11.6 Å². The fourth-order valence-electron chi connectivity index (χ4n) is 2.37. The van der Waals surface area contributed by atoms with Crippen molar-refractivity contribution in [3.05, 3.63) is 17.5 Å². The number of hydrogen-bond acceptors (Lipinski definition) is 4. The number of halogens is 1. The maximum absolute atomic E-state index is 5.94. The molecule has 0 atom stereocenters. The summed E-state index contributed by atoms with van der Waals surface area (Å²) in [7, 11) is 0. The van der Waals surface area contributed by atoms with Gasteiger partial charge in [-0.05, 0) is 18.8 Å². The number of nitrogens with zero attached hydrogens (tertiary/aromatic N) is 4. The smallest absolute Gasteiger partial charge is 0.255 e. The van der Waals surface area contributed by atoms with Gasteiger partial charge in [-0.2, -0.15) is 19.6 Å². The van der Waals surface area contributed by atoms with Crippen molar-refractivity contribution < 1.29 is 0 Å². The first-order chi connectivity index (χ1) is 8.33. The third kappa shape index (κ3) is 2.20. The van der Waals surface area contributed by atoms with Crippen LogP contribution < -0.4 is 5.32 Å². The molecule has 17 heavy (non-hydrogen) atoms. The van der Waals surface area contributed by atoms with Crippen molar-refractivity contribution in [1.29, 1.82) is 0 Å². The van der Waals surface area contributed by atoms with Gasteiger partial charge in [-0.1, -0.05) is 24.4 Å². The van der Waals surface area contributed by atoms with Gasteiger partial charge in [0.25, 0.3) is 5.78 Å². The Morgan fingerprint density at radius 2 is 2.24 bits per heavy atom. The second-order valence-electron chi connectivity index (χ2n) is 4.47. The van der Waals surface area contributed by atoms with E-state index in [0.29, 0.717) is 10.9 Å². The predicted molar refractivity (Wildman–Crippen MR) is 66.2 cm³/mol. The summed E-state index contributed by atoms with van der Waals surface area (Å²) >= 11 is 5.94. The summed E-state index contributed by atoms with van der Waals surface area (Å²) in [6, 6.07) is 1.79. The second-order valence-corrected chi connectivity index (χ2v) is 4.85. The van der Waals surface area contributed by atoms with Crippen LogP contribution in [0, 0.1) is 5.92 Å². The Hall–Kier alpha value is -1.36. The zero-order valence-electron chi connectivity index (χ0n) is 9.43. The summed E-state index contributed by atoms with van der Waals surface area (Å²) in [4.78, 5) is 8.13. The van der Waals surface area contributed by atoms with Crippen LogP contribution in [0.5, 0.6) is 0 Å². The highest BCUT2D eigenvalue weighted by Crippen LogP contribution is 2.25. The van der Waals surface area contributed by atoms with Gasteiger partial charge in [-0.15, -0.1) is 0 Å². The van der Waals surface area contributed by atoms with Crippen LogP contribution in [-0.2, 0) is 0 Å². The molecule has 90 valence electrons. The lowest BCUT2D eigenvalue weighted by molar-refractivity contribution is 0.577. The van der Waals surface area contributed by atoms with Crippen LogP contribution in [0.25, 0.3) is 5.78 Å². The molecule has 1 aliphatic carbocycles. The Morgan fingerprint density at radius 1 is 1.41 bits per heavy atom. The van der Waals surface area contributed by atoms with E-state index in [0.717, 1.165) is 18.3 Å². The van der Waals surface area contributed by atoms with Crippen molar-refractivity contribution in [2.24, 2.45) is 5.92 Å². The van der Waals surface area contributed by atoms with E-state index in [-0.39, 0.29) is 0 Å². The summed E-state index contributed by atoms with van der Waals surface area (Å²) in [6.45, 7) is 0.968. The summed E-state index contributed by atoms with van der Waals surface area (Å²) < 4.78 is 1.68. The molecule has 2 aromatic heterocycles. The Labute approximate surface area is 104 Å². The lowest BCUT2D eigenvalue weighted by Crippen LogP contribution is -2.14. The summed E-state index contributed by atoms with van der Waals surface area (Å²) in [5, 5.41) is 7.96. The van der Waals surface area contributed by atoms with Gasteiger partial charge in [0, 0.05) is 12.6 Å². The zero-order valence-corrected chi connectivity index (χ0v) is 10.2. The number of fused-ring (bicyclic) bond motifs is 1. The van der Waals surface area contributed by atoms with E-state index >= 15 is 0 Å². The summed E-state index contributed by atoms with van der Waals surface area (Å²) in [5.41, 5.74) is 0. The highest BCUT2D eigenvalue weighted by Gasteiger charge is 2.15. The lowest BCUT2D eigenvalue weighted by Gasteiger charge is -2.12. The number of rotatable bonds is 3. The molecule has 1 N–H and O–H groups in total. The van der Waals surface area contributed by atoms with Gasteiger partial charge in [0.15, 0.2) is 0 Å². The number of anilines is 1. The van der Waals surface area contributed by atoms with Gasteiger partial charge in [0.1, 0.15) is 17.3 Å². The average Bonchev–Trinajstić information content (AvgIpc) is 2.95. The van der Waals surface area contributed by atoms with Crippen LogP contribution >= 0.6 is 11.6 Å². The fourth-order valence-corrected chi connectivity index (χ4v) is 2.55. The minimum atomic E-state index is 0.444. The standard InChI is InChI=1S/C11H14ClN5/c12-9-5-10(13-6-8-3-1-2-4-8)17-11(16-9)14-7-15-17/h5,7-8,13H,1-4,6H2. The molecule has 3 rings (SSSR count). The highest BCUT2D eigenvalue weighted by atomic mass is 35.5. The first kappa shape index (κ1) is 10.8. The topological polar surface area (TPSA) is 55.1 Å². The Kier molecular flexibility index (Phi) is 2.84. The van der Waals surface area contributed by atoms with Gasteiger partial charge >= 0.3 is 0 Å². The molecular formula is C11H14ClN5. The summed E-state index contributed by atoms with van der Waals surface area (Å²) in [6.07, 6.45) is 6.81. The van der Waals surface area contributed by atoms with Gasteiger partial charge in [-0.3, -0.25) is 0 Å². The molecular weight excluding hydrogens is 238 g/mol. The van der Waals surface area contributed by atoms with Crippen molar-refractivity contribution in [3.8, 4) is 0 Å². The van der Waals surface area contributed by atoms with E-state index in [9.17, 15) is 0 Å². The van der Waals surface area contributed by atoms with Gasteiger partial charge in [0.05, 0.1) is 0 Å². The molecule has 5 nitrogen and oxygen atoms in total. The Morgan fingerprint density at radius 3 is 3.06 bits per heavy atom. The third-order valence-corrected chi connectivity index (χ3v) is 3.46. The largest absolute Gasteiger partial charge is 0.370 e. The van der Waals surface area contributed by atoms with Gasteiger partial charge < -0.3 is 5.32 Å². The Bertz CT molecular complexity index is 518. The van der Waals surface area contributed by atoms with E-state index in [2.05, 4.69) is 20.4 Å². The molecule has 0 unspecified atom stereocenters. The molecule has 0 amide bonds. The van der Waals surface area contributed by atoms with Crippen molar-refractivity contribution in [1.82, 2.24) is 19.6 Å². The van der Waals surface area contributed by atoms with Crippen LogP contribution in [0.15, 0.2) is 12.4 Å². The predicted octanol–water partition coefficient (Wildman–Crippen LogP) is 2.38. The van der Waals surface area contributed by atoms with Crippen LogP contribution in [0.3, 0.4) is 0 Å². The molecule has 2 aromatic rings. The maximum Gasteiger partial charge on any atom is 0.255 e. The van der Waals surface area contributed by atoms with E-state index in [1.165, 1.54) is 32.0 Å². The maximum atomic E-state index is 5.94. The number of hydrogen-bond donors (Lipinski definition) is 1. The van der Waals surface area contributed by atoms with Crippen molar-refractivity contribution >= 4 is 23.2 Å². The molecule has 1 fully saturated rings. The molecule has 0 aromatic carbocycles. The molecule has 0 radical (unpaired) electrons. The highest BCUT2D eigenvalue weighted by molar-refractivity contribution is 6.29. The average molecular weight is 252 g/mol. The first-order valence-corrected chi connectivity index (χ1v) is 6.31. The van der Waals surface area contributed by atoms with E-state index in [1.807, 2.05) is 0 Å². The van der Waals surface area contributed by atoms with Gasteiger partial charge in [0.2, 0.25) is 0 Å². The quantitative estimate of drug-likeness (QED) is 0.851. The van der Waals surface area contributed by atoms with Crippen molar-refractivity contribution in [2.75, 3.05) is 11.9 Å². The van der Waals surface area contributed by atoms with Crippen molar-refractivity contribution in [3.63, 3.8) is 0 Å². The molecule has 1 aliphatic rings. The fraction of sp³-hybridized carbons (Fsp3) is 0.545. The lowest BCUT2D eigenvalue weighted by atomic mass is 10.1. The number of aromatic nitrogens is 4. The minimum absolute atomic E-state index is 0.444. The normalized spacial score (nSPS) is 16.8. The zero-order chi connectivity index (χ0) is 11.7. The monoisotopic (exact) mass is 251 g/mol. The van der Waals surface area contributed by atoms with Crippen LogP contribution in [0.2, 0.25) is 5.15 Å². The molecule has 6 heteroatoms. The van der Waals surface area contributed by atoms with Crippen LogP contribution in [-0.4, -0.2) is 26.1 Å².